The lowest BCUT2D eigenvalue weighted by Crippen LogP contribution is -2.26. The third-order valence-corrected chi connectivity index (χ3v) is 6.48. The maximum absolute atomic E-state index is 13.7. The van der Waals surface area contributed by atoms with Crippen LogP contribution < -0.4 is 9.04 Å². The normalized spacial score (nSPS) is 11.0. The summed E-state index contributed by atoms with van der Waals surface area (Å²) in [6, 6.07) is 17.4. The van der Waals surface area contributed by atoms with E-state index in [2.05, 4.69) is 0 Å². The number of esters is 1. The average Bonchev–Trinajstić information content (AvgIpc) is 2.82. The number of para-hydroxylation sites is 1. The van der Waals surface area contributed by atoms with Crippen molar-refractivity contribution >= 4 is 27.5 Å². The molecule has 0 spiro atoms. The maximum atomic E-state index is 13.7. The van der Waals surface area contributed by atoms with Crippen molar-refractivity contribution in [2.75, 3.05) is 25.1 Å². The molecule has 3 rings (SSSR count). The Labute approximate surface area is 185 Å². The number of hydrogen-bond acceptors (Lipinski definition) is 6. The number of rotatable bonds is 8. The number of nitrogens with zero attached hydrogens (tertiary/aromatic N) is 1. The van der Waals surface area contributed by atoms with Gasteiger partial charge >= 0.3 is 5.97 Å². The molecular formula is C23H20FNO6S. The molecular weight excluding hydrogens is 437 g/mol. The molecule has 0 amide bonds. The minimum Gasteiger partial charge on any atom is -0.494 e. The second-order valence-corrected chi connectivity index (χ2v) is 8.65. The molecule has 9 heteroatoms. The maximum Gasteiger partial charge on any atom is 0.338 e. The van der Waals surface area contributed by atoms with Gasteiger partial charge in [0.25, 0.3) is 10.0 Å². The Kier molecular flexibility index (Phi) is 6.89. The first-order chi connectivity index (χ1) is 15.2. The summed E-state index contributed by atoms with van der Waals surface area (Å²) in [5.74, 6) is -2.12. The number of carbonyl (C=O) groups excluding carboxylic acids is 2. The summed E-state index contributed by atoms with van der Waals surface area (Å²) < 4.78 is 50.2. The van der Waals surface area contributed by atoms with E-state index in [4.69, 9.17) is 9.47 Å². The lowest BCUT2D eigenvalue weighted by Gasteiger charge is -2.19. The largest absolute Gasteiger partial charge is 0.494 e. The number of ether oxygens (including phenoxy) is 2. The van der Waals surface area contributed by atoms with Crippen LogP contribution in [-0.4, -0.2) is 40.9 Å². The molecule has 166 valence electrons. The molecule has 0 heterocycles. The highest BCUT2D eigenvalue weighted by atomic mass is 32.2. The van der Waals surface area contributed by atoms with Crippen molar-refractivity contribution in [3.05, 3.63) is 89.7 Å². The summed E-state index contributed by atoms with van der Waals surface area (Å²) in [5, 5.41) is 0. The molecule has 0 fully saturated rings. The molecule has 0 bridgehead atoms. The van der Waals surface area contributed by atoms with Crippen LogP contribution in [0.3, 0.4) is 0 Å². The van der Waals surface area contributed by atoms with Gasteiger partial charge in [-0.2, -0.15) is 0 Å². The van der Waals surface area contributed by atoms with Gasteiger partial charge in [0, 0.05) is 12.6 Å². The lowest BCUT2D eigenvalue weighted by atomic mass is 10.1. The number of anilines is 1. The first-order valence-corrected chi connectivity index (χ1v) is 10.9. The van der Waals surface area contributed by atoms with Crippen molar-refractivity contribution in [1.29, 1.82) is 0 Å². The molecule has 0 aliphatic heterocycles. The summed E-state index contributed by atoms with van der Waals surface area (Å²) in [4.78, 5) is 24.4. The highest BCUT2D eigenvalue weighted by Crippen LogP contribution is 2.22. The van der Waals surface area contributed by atoms with E-state index in [0.717, 1.165) is 10.4 Å². The standard InChI is InChI=1S/C23H20FNO6S/c1-25(18-6-4-3-5-7-18)32(28,29)19-11-8-16(9-12-19)23(27)31-15-21(26)17-10-13-22(30-2)20(24)14-17/h3-14H,15H2,1-2H3. The Bertz CT molecular complexity index is 1230. The minimum atomic E-state index is -3.82. The van der Waals surface area contributed by atoms with Crippen molar-refractivity contribution < 1.29 is 31.9 Å². The van der Waals surface area contributed by atoms with E-state index in [9.17, 15) is 22.4 Å². The van der Waals surface area contributed by atoms with Crippen LogP contribution in [-0.2, 0) is 14.8 Å². The highest BCUT2D eigenvalue weighted by Gasteiger charge is 2.22. The molecule has 0 aromatic heterocycles. The predicted molar refractivity (Wildman–Crippen MR) is 116 cm³/mol. The first-order valence-electron chi connectivity index (χ1n) is 9.42. The van der Waals surface area contributed by atoms with Gasteiger partial charge in [0.2, 0.25) is 0 Å². The van der Waals surface area contributed by atoms with Crippen molar-refractivity contribution in [3.63, 3.8) is 0 Å². The molecule has 0 unspecified atom stereocenters. The Morgan fingerprint density at radius 1 is 0.938 bits per heavy atom. The predicted octanol–water partition coefficient (Wildman–Crippen LogP) is 3.70. The molecule has 0 aliphatic rings. The fraction of sp³-hybridized carbons (Fsp3) is 0.130. The van der Waals surface area contributed by atoms with Crippen LogP contribution in [0.4, 0.5) is 10.1 Å². The van der Waals surface area contributed by atoms with Crippen molar-refractivity contribution in [2.45, 2.75) is 4.90 Å². The van der Waals surface area contributed by atoms with Crippen molar-refractivity contribution in [3.8, 4) is 5.75 Å². The molecule has 3 aromatic rings. The Morgan fingerprint density at radius 2 is 1.56 bits per heavy atom. The Balaban J connectivity index is 1.66. The summed E-state index contributed by atoms with van der Waals surface area (Å²) in [6.45, 7) is -0.596. The summed E-state index contributed by atoms with van der Waals surface area (Å²) in [7, 11) is -1.09. The van der Waals surface area contributed by atoms with Gasteiger partial charge in [0.05, 0.1) is 23.3 Å². The molecule has 7 nitrogen and oxygen atoms in total. The molecule has 0 aliphatic carbocycles. The van der Waals surface area contributed by atoms with Crippen LogP contribution in [0, 0.1) is 5.82 Å². The third kappa shape index (κ3) is 4.94. The molecule has 32 heavy (non-hydrogen) atoms. The van der Waals surface area contributed by atoms with Gasteiger partial charge in [-0.05, 0) is 54.6 Å². The first kappa shape index (κ1) is 23.0. The number of benzene rings is 3. The van der Waals surface area contributed by atoms with E-state index < -0.39 is 34.2 Å². The van der Waals surface area contributed by atoms with Crippen LogP contribution in [0.25, 0.3) is 0 Å². The van der Waals surface area contributed by atoms with Crippen LogP contribution in [0.5, 0.6) is 5.75 Å². The topological polar surface area (TPSA) is 90.0 Å². The molecule has 0 N–H and O–H groups in total. The quantitative estimate of drug-likeness (QED) is 0.379. The van der Waals surface area contributed by atoms with Gasteiger partial charge in [-0.1, -0.05) is 18.2 Å². The van der Waals surface area contributed by atoms with Gasteiger partial charge in [-0.3, -0.25) is 9.10 Å². The fourth-order valence-electron chi connectivity index (χ4n) is 2.84. The van der Waals surface area contributed by atoms with Crippen molar-refractivity contribution in [2.24, 2.45) is 0 Å². The zero-order valence-corrected chi connectivity index (χ0v) is 18.1. The number of Topliss-reactive ketones (excluding diaryl/α,β-unsaturated/α-hetero) is 1. The zero-order valence-electron chi connectivity index (χ0n) is 17.3. The smallest absolute Gasteiger partial charge is 0.338 e. The molecule has 3 aromatic carbocycles. The van der Waals surface area contributed by atoms with Gasteiger partial charge in [-0.25, -0.2) is 17.6 Å². The minimum absolute atomic E-state index is 0.00787. The fourth-order valence-corrected chi connectivity index (χ4v) is 4.03. The molecule has 0 atom stereocenters. The highest BCUT2D eigenvalue weighted by molar-refractivity contribution is 7.92. The summed E-state index contributed by atoms with van der Waals surface area (Å²) in [6.07, 6.45) is 0. The SMILES string of the molecule is COc1ccc(C(=O)COC(=O)c2ccc(S(=O)(=O)N(C)c3ccccc3)cc2)cc1F. The Hall–Kier alpha value is -3.72. The van der Waals surface area contributed by atoms with Gasteiger partial charge in [-0.15, -0.1) is 0 Å². The lowest BCUT2D eigenvalue weighted by molar-refractivity contribution is 0.0474. The number of sulfonamides is 1. The van der Waals surface area contributed by atoms with Crippen LogP contribution >= 0.6 is 0 Å². The molecule has 0 radical (unpaired) electrons. The monoisotopic (exact) mass is 457 g/mol. The van der Waals surface area contributed by atoms with Crippen molar-refractivity contribution in [1.82, 2.24) is 0 Å². The zero-order chi connectivity index (χ0) is 23.3. The van der Waals surface area contributed by atoms with E-state index in [1.54, 1.807) is 30.3 Å². The average molecular weight is 457 g/mol. The van der Waals surface area contributed by atoms with E-state index >= 15 is 0 Å². The number of carbonyl (C=O) groups is 2. The van der Waals surface area contributed by atoms with Gasteiger partial charge in [0.1, 0.15) is 0 Å². The number of halogens is 1. The van der Waals surface area contributed by atoms with E-state index in [-0.39, 0.29) is 21.8 Å². The second kappa shape index (κ2) is 9.61. The van der Waals surface area contributed by atoms with Crippen LogP contribution in [0.15, 0.2) is 77.7 Å². The number of ketones is 1. The van der Waals surface area contributed by atoms with Gasteiger partial charge < -0.3 is 9.47 Å². The Morgan fingerprint density at radius 3 is 2.16 bits per heavy atom. The van der Waals surface area contributed by atoms with E-state index in [0.29, 0.717) is 5.69 Å². The van der Waals surface area contributed by atoms with Crippen LogP contribution in [0.2, 0.25) is 0 Å². The molecule has 0 saturated carbocycles. The van der Waals surface area contributed by atoms with E-state index in [1.165, 1.54) is 50.6 Å². The van der Waals surface area contributed by atoms with Gasteiger partial charge in [0.15, 0.2) is 24.0 Å². The number of methoxy groups -OCH3 is 1. The van der Waals surface area contributed by atoms with E-state index in [1.807, 2.05) is 0 Å². The van der Waals surface area contributed by atoms with Crippen LogP contribution in [0.1, 0.15) is 20.7 Å². The summed E-state index contributed by atoms with van der Waals surface area (Å²) in [5.41, 5.74) is 0.589. The summed E-state index contributed by atoms with van der Waals surface area (Å²) >= 11 is 0. The second-order valence-electron chi connectivity index (χ2n) is 6.68. The number of hydrogen-bond donors (Lipinski definition) is 0. The third-order valence-electron chi connectivity index (χ3n) is 4.68. The molecule has 0 saturated heterocycles.